The molecule has 6 heteroatoms. The van der Waals surface area contributed by atoms with Crippen molar-refractivity contribution in [2.24, 2.45) is 4.99 Å². The molecular formula is C18H33N5O. The molecule has 1 unspecified atom stereocenters. The van der Waals surface area contributed by atoms with Gasteiger partial charge in [0.1, 0.15) is 5.76 Å². The van der Waals surface area contributed by atoms with Gasteiger partial charge in [-0.3, -0.25) is 9.89 Å². The minimum absolute atomic E-state index is 0.476. The second-order valence-corrected chi connectivity index (χ2v) is 6.30. The van der Waals surface area contributed by atoms with E-state index in [2.05, 4.69) is 41.2 Å². The molecule has 0 bridgehead atoms. The second kappa shape index (κ2) is 10.4. The van der Waals surface area contributed by atoms with E-state index in [9.17, 15) is 0 Å². The maximum absolute atomic E-state index is 5.36. The predicted molar refractivity (Wildman–Crippen MR) is 99.5 cm³/mol. The number of aliphatic imine (C=N–C) groups is 1. The average molecular weight is 335 g/mol. The lowest BCUT2D eigenvalue weighted by Gasteiger charge is -2.37. The van der Waals surface area contributed by atoms with Crippen molar-refractivity contribution in [3.05, 3.63) is 24.2 Å². The molecule has 0 amide bonds. The van der Waals surface area contributed by atoms with Gasteiger partial charge in [0, 0.05) is 51.7 Å². The van der Waals surface area contributed by atoms with Crippen molar-refractivity contribution < 1.29 is 4.42 Å². The predicted octanol–water partition coefficient (Wildman–Crippen LogP) is 1.40. The molecule has 0 saturated carbocycles. The van der Waals surface area contributed by atoms with E-state index in [1.807, 2.05) is 12.1 Å². The average Bonchev–Trinajstić information content (AvgIpc) is 3.13. The normalized spacial score (nSPS) is 18.5. The first kappa shape index (κ1) is 18.8. The number of furan rings is 1. The fourth-order valence-corrected chi connectivity index (χ4v) is 2.96. The maximum atomic E-state index is 5.36. The van der Waals surface area contributed by atoms with Crippen molar-refractivity contribution in [1.82, 2.24) is 20.4 Å². The Bertz CT molecular complexity index is 466. The van der Waals surface area contributed by atoms with Crippen molar-refractivity contribution in [1.29, 1.82) is 0 Å². The number of likely N-dealkylation sites (N-methyl/N-ethyl adjacent to an activating group) is 1. The molecule has 1 atom stereocenters. The van der Waals surface area contributed by atoms with E-state index in [1.165, 1.54) is 13.1 Å². The van der Waals surface area contributed by atoms with Crippen LogP contribution in [0.5, 0.6) is 0 Å². The summed E-state index contributed by atoms with van der Waals surface area (Å²) in [5.41, 5.74) is 0. The highest BCUT2D eigenvalue weighted by atomic mass is 16.3. The first-order valence-corrected chi connectivity index (χ1v) is 9.23. The van der Waals surface area contributed by atoms with Gasteiger partial charge in [-0.25, -0.2) is 0 Å². The van der Waals surface area contributed by atoms with Crippen LogP contribution in [0.1, 0.15) is 26.5 Å². The fourth-order valence-electron chi connectivity index (χ4n) is 2.96. The summed E-state index contributed by atoms with van der Waals surface area (Å²) in [6.45, 7) is 14.9. The van der Waals surface area contributed by atoms with Crippen LogP contribution in [0.15, 0.2) is 27.8 Å². The second-order valence-electron chi connectivity index (χ2n) is 6.30. The molecule has 2 heterocycles. The molecule has 6 nitrogen and oxygen atoms in total. The van der Waals surface area contributed by atoms with Gasteiger partial charge in [0.05, 0.1) is 12.8 Å². The highest BCUT2D eigenvalue weighted by molar-refractivity contribution is 5.79. The highest BCUT2D eigenvalue weighted by Crippen LogP contribution is 2.06. The van der Waals surface area contributed by atoms with Gasteiger partial charge < -0.3 is 20.0 Å². The van der Waals surface area contributed by atoms with E-state index < -0.39 is 0 Å². The van der Waals surface area contributed by atoms with Gasteiger partial charge in [-0.1, -0.05) is 6.92 Å². The lowest BCUT2D eigenvalue weighted by molar-refractivity contribution is 0.109. The third-order valence-electron chi connectivity index (χ3n) is 4.58. The SMILES string of the molecule is CCNC(=NCC(C)N1CCN(CC)CC1)NCCc1ccco1. The Morgan fingerprint density at radius 1 is 1.25 bits per heavy atom. The molecule has 2 rings (SSSR count). The standard InChI is InChI=1S/C18H33N5O/c1-4-19-18(20-9-8-17-7-6-14-24-17)21-15-16(3)23-12-10-22(5-2)11-13-23/h6-7,14,16H,4-5,8-13,15H2,1-3H3,(H2,19,20,21). The molecule has 0 radical (unpaired) electrons. The highest BCUT2D eigenvalue weighted by Gasteiger charge is 2.19. The third-order valence-corrected chi connectivity index (χ3v) is 4.58. The van der Waals surface area contributed by atoms with Gasteiger partial charge in [-0.2, -0.15) is 0 Å². The molecular weight excluding hydrogens is 302 g/mol. The van der Waals surface area contributed by atoms with Crippen molar-refractivity contribution in [2.75, 3.05) is 52.4 Å². The summed E-state index contributed by atoms with van der Waals surface area (Å²) < 4.78 is 5.36. The number of guanidine groups is 1. The van der Waals surface area contributed by atoms with Gasteiger partial charge >= 0.3 is 0 Å². The Kier molecular flexibility index (Phi) is 8.12. The summed E-state index contributed by atoms with van der Waals surface area (Å²) in [5, 5.41) is 6.70. The van der Waals surface area contributed by atoms with Crippen LogP contribution in [-0.2, 0) is 6.42 Å². The van der Waals surface area contributed by atoms with E-state index in [4.69, 9.17) is 9.41 Å². The van der Waals surface area contributed by atoms with E-state index in [0.29, 0.717) is 6.04 Å². The number of rotatable bonds is 8. The molecule has 1 fully saturated rings. The first-order valence-electron chi connectivity index (χ1n) is 9.23. The van der Waals surface area contributed by atoms with Gasteiger partial charge in [0.25, 0.3) is 0 Å². The molecule has 24 heavy (non-hydrogen) atoms. The zero-order valence-corrected chi connectivity index (χ0v) is 15.4. The van der Waals surface area contributed by atoms with Crippen LogP contribution >= 0.6 is 0 Å². The van der Waals surface area contributed by atoms with Crippen molar-refractivity contribution in [2.45, 2.75) is 33.2 Å². The number of hydrogen-bond donors (Lipinski definition) is 2. The van der Waals surface area contributed by atoms with Crippen LogP contribution in [0.3, 0.4) is 0 Å². The van der Waals surface area contributed by atoms with E-state index >= 15 is 0 Å². The number of piperazine rings is 1. The smallest absolute Gasteiger partial charge is 0.191 e. The Morgan fingerprint density at radius 3 is 2.67 bits per heavy atom. The molecule has 1 aliphatic heterocycles. The van der Waals surface area contributed by atoms with Crippen LogP contribution in [-0.4, -0.2) is 74.2 Å². The Morgan fingerprint density at radius 2 is 2.04 bits per heavy atom. The van der Waals surface area contributed by atoms with Crippen LogP contribution in [0.4, 0.5) is 0 Å². The quantitative estimate of drug-likeness (QED) is 0.556. The van der Waals surface area contributed by atoms with Crippen molar-refractivity contribution >= 4 is 5.96 Å². The number of hydrogen-bond acceptors (Lipinski definition) is 4. The maximum Gasteiger partial charge on any atom is 0.191 e. The molecule has 136 valence electrons. The molecule has 0 aliphatic carbocycles. The Labute approximate surface area is 146 Å². The van der Waals surface area contributed by atoms with Gasteiger partial charge in [0.2, 0.25) is 0 Å². The fraction of sp³-hybridized carbons (Fsp3) is 0.722. The lowest BCUT2D eigenvalue weighted by Crippen LogP contribution is -2.50. The molecule has 1 aromatic rings. The first-order chi connectivity index (χ1) is 11.7. The Hall–Kier alpha value is -1.53. The van der Waals surface area contributed by atoms with Crippen LogP contribution < -0.4 is 10.6 Å². The van der Waals surface area contributed by atoms with Crippen LogP contribution in [0.25, 0.3) is 0 Å². The Balaban J connectivity index is 1.74. The zero-order chi connectivity index (χ0) is 17.2. The monoisotopic (exact) mass is 335 g/mol. The summed E-state index contributed by atoms with van der Waals surface area (Å²) in [4.78, 5) is 9.81. The van der Waals surface area contributed by atoms with Gasteiger partial charge in [-0.15, -0.1) is 0 Å². The molecule has 1 aliphatic rings. The van der Waals surface area contributed by atoms with E-state index in [-0.39, 0.29) is 0 Å². The molecule has 1 aromatic heterocycles. The summed E-state index contributed by atoms with van der Waals surface area (Å²) in [6.07, 6.45) is 2.58. The summed E-state index contributed by atoms with van der Waals surface area (Å²) >= 11 is 0. The lowest BCUT2D eigenvalue weighted by atomic mass is 10.2. The molecule has 0 aromatic carbocycles. The van der Waals surface area contributed by atoms with E-state index in [1.54, 1.807) is 6.26 Å². The minimum Gasteiger partial charge on any atom is -0.469 e. The summed E-state index contributed by atoms with van der Waals surface area (Å²) in [6, 6.07) is 4.41. The van der Waals surface area contributed by atoms with Crippen LogP contribution in [0.2, 0.25) is 0 Å². The summed E-state index contributed by atoms with van der Waals surface area (Å²) in [7, 11) is 0. The molecule has 2 N–H and O–H groups in total. The largest absolute Gasteiger partial charge is 0.469 e. The van der Waals surface area contributed by atoms with Crippen LogP contribution in [0, 0.1) is 0 Å². The number of nitrogens with one attached hydrogen (secondary N) is 2. The van der Waals surface area contributed by atoms with Gasteiger partial charge in [0.15, 0.2) is 5.96 Å². The molecule has 1 saturated heterocycles. The topological polar surface area (TPSA) is 56.0 Å². The molecule has 0 spiro atoms. The summed E-state index contributed by atoms with van der Waals surface area (Å²) in [5.74, 6) is 1.89. The van der Waals surface area contributed by atoms with Gasteiger partial charge in [-0.05, 0) is 32.5 Å². The number of nitrogens with zero attached hydrogens (tertiary/aromatic N) is 3. The zero-order valence-electron chi connectivity index (χ0n) is 15.4. The minimum atomic E-state index is 0.476. The van der Waals surface area contributed by atoms with E-state index in [0.717, 1.165) is 57.4 Å². The third kappa shape index (κ3) is 6.17. The van der Waals surface area contributed by atoms with Crippen molar-refractivity contribution in [3.63, 3.8) is 0 Å². The van der Waals surface area contributed by atoms with Crippen molar-refractivity contribution in [3.8, 4) is 0 Å².